The number of halogens is 1. The van der Waals surface area contributed by atoms with Crippen molar-refractivity contribution in [3.8, 4) is 11.5 Å². The van der Waals surface area contributed by atoms with Crippen molar-refractivity contribution >= 4 is 62.6 Å². The number of hydrogen-bond acceptors (Lipinski definition) is 7. The molecule has 0 aliphatic heterocycles. The van der Waals surface area contributed by atoms with E-state index in [0.717, 1.165) is 5.56 Å². The lowest BCUT2D eigenvalue weighted by Crippen LogP contribution is -2.35. The summed E-state index contributed by atoms with van der Waals surface area (Å²) >= 11 is 6.37. The third-order valence-corrected chi connectivity index (χ3v) is 6.66. The van der Waals surface area contributed by atoms with Gasteiger partial charge in [0.25, 0.3) is 5.91 Å². The highest BCUT2D eigenvalue weighted by Gasteiger charge is 2.17. The molecule has 0 spiro atoms. The zero-order valence-electron chi connectivity index (χ0n) is 20.3. The molecule has 8 nitrogen and oxygen atoms in total. The third kappa shape index (κ3) is 6.96. The van der Waals surface area contributed by atoms with Gasteiger partial charge in [-0.1, -0.05) is 30.3 Å². The van der Waals surface area contributed by atoms with Gasteiger partial charge in [0.2, 0.25) is 5.91 Å². The van der Waals surface area contributed by atoms with Gasteiger partial charge in [0.1, 0.15) is 5.75 Å². The minimum absolute atomic E-state index is 0.0268. The largest absolute Gasteiger partial charge is 0.453 e. The molecule has 0 fully saturated rings. The van der Waals surface area contributed by atoms with E-state index in [1.54, 1.807) is 18.2 Å². The van der Waals surface area contributed by atoms with Crippen LogP contribution in [0.25, 0.3) is 10.2 Å². The van der Waals surface area contributed by atoms with Crippen LogP contribution in [0.2, 0.25) is 0 Å². The second-order valence-electron chi connectivity index (χ2n) is 8.36. The van der Waals surface area contributed by atoms with E-state index in [4.69, 9.17) is 22.4 Å². The van der Waals surface area contributed by atoms with Gasteiger partial charge >= 0.3 is 0 Å². The number of carbonyl (C=O) groups excluding carboxylic acids is 2. The standard InChI is InChI=1S/C27H24FN5O3S2/c1-16(9-11-29)31-26(35)23-15-20-25(38-23)22(10-12-30-20)36-21-8-7-18(14-19(21)28)32-27(37)33-24(34)13-17-5-3-2-4-6-17/h2-8,10-12,14-16,29H,9,13H2,1H3,(H,31,35)(H2,32,33,34,37). The van der Waals surface area contributed by atoms with Crippen LogP contribution in [-0.4, -0.2) is 34.2 Å². The first kappa shape index (κ1) is 26.8. The number of carbonyl (C=O) groups is 2. The SMILES string of the molecule is CC(CC=N)NC(=O)c1cc2nccc(Oc3ccc(NC(=S)NC(=O)Cc4ccccc4)cc3F)c2s1. The van der Waals surface area contributed by atoms with Crippen LogP contribution < -0.4 is 20.7 Å². The Balaban J connectivity index is 1.41. The highest BCUT2D eigenvalue weighted by molar-refractivity contribution is 7.80. The molecule has 194 valence electrons. The fourth-order valence-electron chi connectivity index (χ4n) is 3.53. The van der Waals surface area contributed by atoms with Crippen LogP contribution in [0.4, 0.5) is 10.1 Å². The van der Waals surface area contributed by atoms with Gasteiger partial charge < -0.3 is 26.1 Å². The molecule has 2 aromatic carbocycles. The maximum absolute atomic E-state index is 14.9. The Kier molecular flexibility index (Phi) is 8.72. The van der Waals surface area contributed by atoms with E-state index < -0.39 is 5.82 Å². The lowest BCUT2D eigenvalue weighted by atomic mass is 10.1. The molecular formula is C27H24FN5O3S2. The first-order valence-corrected chi connectivity index (χ1v) is 12.9. The first-order valence-electron chi connectivity index (χ1n) is 11.6. The number of hydrogen-bond donors (Lipinski definition) is 4. The van der Waals surface area contributed by atoms with Crippen molar-refractivity contribution in [2.45, 2.75) is 25.8 Å². The summed E-state index contributed by atoms with van der Waals surface area (Å²) in [5, 5.41) is 15.4. The molecule has 11 heteroatoms. The smallest absolute Gasteiger partial charge is 0.261 e. The summed E-state index contributed by atoms with van der Waals surface area (Å²) in [5.74, 6) is -0.880. The topological polar surface area (TPSA) is 116 Å². The summed E-state index contributed by atoms with van der Waals surface area (Å²) in [7, 11) is 0. The second kappa shape index (κ2) is 12.3. The van der Waals surface area contributed by atoms with Gasteiger partial charge in [0.15, 0.2) is 16.7 Å². The molecule has 0 radical (unpaired) electrons. The van der Waals surface area contributed by atoms with Gasteiger partial charge in [-0.3, -0.25) is 14.6 Å². The van der Waals surface area contributed by atoms with Crippen molar-refractivity contribution in [3.05, 3.63) is 83.1 Å². The maximum atomic E-state index is 14.9. The van der Waals surface area contributed by atoms with E-state index in [1.807, 2.05) is 37.3 Å². The number of nitrogens with zero attached hydrogens (tertiary/aromatic N) is 1. The minimum Gasteiger partial charge on any atom is -0.453 e. The number of aromatic nitrogens is 1. The Morgan fingerprint density at radius 1 is 1.16 bits per heavy atom. The molecule has 0 aliphatic carbocycles. The van der Waals surface area contributed by atoms with E-state index in [1.165, 1.54) is 35.9 Å². The normalized spacial score (nSPS) is 11.4. The second-order valence-corrected chi connectivity index (χ2v) is 9.82. The van der Waals surface area contributed by atoms with E-state index in [-0.39, 0.29) is 35.1 Å². The summed E-state index contributed by atoms with van der Waals surface area (Å²) < 4.78 is 21.3. The number of anilines is 1. The molecule has 1 unspecified atom stereocenters. The van der Waals surface area contributed by atoms with Crippen molar-refractivity contribution in [2.24, 2.45) is 0 Å². The summed E-state index contributed by atoms with van der Waals surface area (Å²) in [6, 6.07) is 16.5. The molecule has 0 saturated carbocycles. The number of benzene rings is 2. The van der Waals surface area contributed by atoms with Crippen LogP contribution in [0.5, 0.6) is 11.5 Å². The average Bonchev–Trinajstić information content (AvgIpc) is 3.32. The predicted molar refractivity (Wildman–Crippen MR) is 151 cm³/mol. The maximum Gasteiger partial charge on any atom is 0.261 e. The Labute approximate surface area is 227 Å². The monoisotopic (exact) mass is 549 g/mol. The Morgan fingerprint density at radius 2 is 1.95 bits per heavy atom. The van der Waals surface area contributed by atoms with Crippen LogP contribution in [0, 0.1) is 11.2 Å². The Morgan fingerprint density at radius 3 is 2.68 bits per heavy atom. The van der Waals surface area contributed by atoms with Crippen molar-refractivity contribution in [1.29, 1.82) is 5.41 Å². The average molecular weight is 550 g/mol. The molecule has 1 atom stereocenters. The number of thiophene rings is 1. The molecule has 4 aromatic rings. The van der Waals surface area contributed by atoms with Crippen LogP contribution in [0.3, 0.4) is 0 Å². The van der Waals surface area contributed by atoms with Gasteiger partial charge in [0.05, 0.1) is 21.5 Å². The van der Waals surface area contributed by atoms with Crippen molar-refractivity contribution in [2.75, 3.05) is 5.32 Å². The van der Waals surface area contributed by atoms with E-state index in [9.17, 15) is 14.0 Å². The molecule has 0 aliphatic rings. The van der Waals surface area contributed by atoms with E-state index in [0.29, 0.717) is 33.0 Å². The lowest BCUT2D eigenvalue weighted by Gasteiger charge is -2.12. The molecule has 0 saturated heterocycles. The van der Waals surface area contributed by atoms with Gasteiger partial charge in [0, 0.05) is 36.5 Å². The molecule has 4 rings (SSSR count). The summed E-state index contributed by atoms with van der Waals surface area (Å²) in [5.41, 5.74) is 1.74. The van der Waals surface area contributed by atoms with Crippen LogP contribution in [0.1, 0.15) is 28.6 Å². The van der Waals surface area contributed by atoms with Crippen molar-refractivity contribution < 1.29 is 18.7 Å². The summed E-state index contributed by atoms with van der Waals surface area (Å²) in [4.78, 5) is 29.5. The molecule has 2 heterocycles. The van der Waals surface area contributed by atoms with E-state index in [2.05, 4.69) is 20.9 Å². The van der Waals surface area contributed by atoms with Crippen LogP contribution >= 0.6 is 23.6 Å². The number of rotatable bonds is 9. The predicted octanol–water partition coefficient (Wildman–Crippen LogP) is 5.44. The fraction of sp³-hybridized carbons (Fsp3) is 0.148. The number of thiocarbonyl (C=S) groups is 1. The number of amides is 2. The van der Waals surface area contributed by atoms with Crippen molar-refractivity contribution in [3.63, 3.8) is 0 Å². The summed E-state index contributed by atoms with van der Waals surface area (Å²) in [6.07, 6.45) is 3.36. The molecule has 0 bridgehead atoms. The highest BCUT2D eigenvalue weighted by Crippen LogP contribution is 2.36. The molecule has 38 heavy (non-hydrogen) atoms. The van der Waals surface area contributed by atoms with Gasteiger partial charge in [-0.25, -0.2) is 4.39 Å². The van der Waals surface area contributed by atoms with E-state index >= 15 is 0 Å². The Hall–Kier alpha value is -4.22. The molecule has 4 N–H and O–H groups in total. The number of pyridine rings is 1. The Bertz CT molecular complexity index is 1490. The van der Waals surface area contributed by atoms with Crippen LogP contribution in [-0.2, 0) is 11.2 Å². The quantitative estimate of drug-likeness (QED) is 0.163. The fourth-order valence-corrected chi connectivity index (χ4v) is 4.73. The van der Waals surface area contributed by atoms with Crippen molar-refractivity contribution in [1.82, 2.24) is 15.6 Å². The van der Waals surface area contributed by atoms with Gasteiger partial charge in [-0.15, -0.1) is 11.3 Å². The number of ether oxygens (including phenoxy) is 1. The zero-order valence-corrected chi connectivity index (χ0v) is 21.9. The zero-order chi connectivity index (χ0) is 27.1. The highest BCUT2D eigenvalue weighted by atomic mass is 32.1. The third-order valence-electron chi connectivity index (χ3n) is 5.32. The molecular weight excluding hydrogens is 525 g/mol. The molecule has 2 amide bonds. The summed E-state index contributed by atoms with van der Waals surface area (Å²) in [6.45, 7) is 1.82. The number of nitrogens with one attached hydrogen (secondary N) is 4. The first-order chi connectivity index (χ1) is 18.3. The number of fused-ring (bicyclic) bond motifs is 1. The van der Waals surface area contributed by atoms with Crippen LogP contribution in [0.15, 0.2) is 66.9 Å². The van der Waals surface area contributed by atoms with Gasteiger partial charge in [-0.2, -0.15) is 0 Å². The molecule has 2 aromatic heterocycles. The lowest BCUT2D eigenvalue weighted by molar-refractivity contribution is -0.119. The van der Waals surface area contributed by atoms with Gasteiger partial charge in [-0.05, 0) is 49.1 Å². The minimum atomic E-state index is -0.645.